The van der Waals surface area contributed by atoms with Gasteiger partial charge in [0, 0.05) is 22.7 Å². The van der Waals surface area contributed by atoms with E-state index in [-0.39, 0.29) is 34.2 Å². The van der Waals surface area contributed by atoms with Crippen molar-refractivity contribution in [1.29, 1.82) is 5.26 Å². The van der Waals surface area contributed by atoms with Gasteiger partial charge in [-0.3, -0.25) is 10.2 Å². The van der Waals surface area contributed by atoms with Gasteiger partial charge in [-0.1, -0.05) is 12.1 Å². The monoisotopic (exact) mass is 631 g/mol. The van der Waals surface area contributed by atoms with E-state index < -0.39 is 17.5 Å². The van der Waals surface area contributed by atoms with E-state index in [1.165, 1.54) is 11.3 Å². The normalized spacial score (nSPS) is 17.6. The van der Waals surface area contributed by atoms with Crippen LogP contribution in [-0.4, -0.2) is 77.0 Å². The van der Waals surface area contributed by atoms with Crippen molar-refractivity contribution in [3.05, 3.63) is 29.6 Å². The van der Waals surface area contributed by atoms with E-state index in [1.807, 2.05) is 18.0 Å². The number of ether oxygens (including phenoxy) is 3. The Morgan fingerprint density at radius 3 is 2.69 bits per heavy atom. The molecule has 0 atom stereocenters. The van der Waals surface area contributed by atoms with Crippen LogP contribution in [0.4, 0.5) is 20.0 Å². The Morgan fingerprint density at radius 2 is 1.96 bits per heavy atom. The maximum Gasteiger partial charge on any atom is 0.412 e. The number of carbonyl (C=O) groups is 1. The van der Waals surface area contributed by atoms with Crippen molar-refractivity contribution >= 4 is 49.2 Å². The number of carbonyl (C=O) groups excluding carboxylic acids is 1. The molecule has 0 saturated carbocycles. The van der Waals surface area contributed by atoms with Gasteiger partial charge in [-0.25, -0.2) is 14.2 Å². The molecule has 7 rings (SSSR count). The molecule has 11 nitrogen and oxygen atoms in total. The summed E-state index contributed by atoms with van der Waals surface area (Å²) in [4.78, 5) is 30.9. The number of rotatable bonds is 5. The number of nitriles is 1. The maximum atomic E-state index is 16.8. The van der Waals surface area contributed by atoms with Gasteiger partial charge in [0.1, 0.15) is 52.3 Å². The number of amides is 1. The first-order chi connectivity index (χ1) is 21.6. The lowest BCUT2D eigenvalue weighted by molar-refractivity contribution is 0.0636. The summed E-state index contributed by atoms with van der Waals surface area (Å²) in [6.07, 6.45) is 3.70. The van der Waals surface area contributed by atoms with Crippen LogP contribution in [0.3, 0.4) is 0 Å². The van der Waals surface area contributed by atoms with Crippen LogP contribution in [0.25, 0.3) is 32.2 Å². The minimum Gasteiger partial charge on any atom is -0.475 e. The summed E-state index contributed by atoms with van der Waals surface area (Å²) in [7, 11) is 1.87. The minimum atomic E-state index is -0.721. The van der Waals surface area contributed by atoms with Gasteiger partial charge in [0.2, 0.25) is 5.88 Å². The summed E-state index contributed by atoms with van der Waals surface area (Å²) in [6.45, 7) is 8.66. The Bertz CT molecular complexity index is 1870. The van der Waals surface area contributed by atoms with Crippen LogP contribution in [0.15, 0.2) is 18.2 Å². The van der Waals surface area contributed by atoms with E-state index in [1.54, 1.807) is 32.9 Å². The van der Waals surface area contributed by atoms with Crippen molar-refractivity contribution < 1.29 is 23.4 Å². The summed E-state index contributed by atoms with van der Waals surface area (Å²) in [5, 5.41) is 14.0. The number of nitrogens with one attached hydrogen (secondary N) is 1. The Balaban J connectivity index is 1.34. The second kappa shape index (κ2) is 11.0. The molecule has 3 aliphatic rings. The predicted molar refractivity (Wildman–Crippen MR) is 170 cm³/mol. The molecular weight excluding hydrogens is 597 g/mol. The first-order valence-corrected chi connectivity index (χ1v) is 16.0. The van der Waals surface area contributed by atoms with E-state index >= 15 is 4.39 Å². The quantitative estimate of drug-likeness (QED) is 0.276. The smallest absolute Gasteiger partial charge is 0.412 e. The number of benzene rings is 1. The van der Waals surface area contributed by atoms with Crippen LogP contribution in [0.2, 0.25) is 0 Å². The van der Waals surface area contributed by atoms with Crippen LogP contribution in [0, 0.1) is 17.1 Å². The lowest BCUT2D eigenvalue weighted by Gasteiger charge is -2.31. The fourth-order valence-electron chi connectivity index (χ4n) is 6.71. The van der Waals surface area contributed by atoms with E-state index in [0.29, 0.717) is 51.6 Å². The van der Waals surface area contributed by atoms with Crippen molar-refractivity contribution in [2.24, 2.45) is 0 Å². The van der Waals surface area contributed by atoms with Gasteiger partial charge in [0.15, 0.2) is 5.82 Å². The van der Waals surface area contributed by atoms with Crippen LogP contribution in [0.1, 0.15) is 52.0 Å². The summed E-state index contributed by atoms with van der Waals surface area (Å²) in [6, 6.07) is 7.57. The molecule has 0 radical (unpaired) electrons. The number of pyridine rings is 1. The van der Waals surface area contributed by atoms with Gasteiger partial charge in [0.05, 0.1) is 17.6 Å². The van der Waals surface area contributed by atoms with Gasteiger partial charge in [-0.05, 0) is 65.6 Å². The van der Waals surface area contributed by atoms with Crippen molar-refractivity contribution in [3.8, 4) is 29.2 Å². The average Bonchev–Trinajstić information content (AvgIpc) is 3.64. The molecule has 4 aromatic rings. The molecule has 0 aliphatic carbocycles. The lowest BCUT2D eigenvalue weighted by Crippen LogP contribution is -2.43. The molecule has 0 bridgehead atoms. The largest absolute Gasteiger partial charge is 0.475 e. The molecule has 2 fully saturated rings. The van der Waals surface area contributed by atoms with Crippen molar-refractivity contribution in [3.63, 3.8) is 0 Å². The second-order valence-electron chi connectivity index (χ2n) is 12.8. The van der Waals surface area contributed by atoms with Crippen molar-refractivity contribution in [2.75, 3.05) is 50.1 Å². The minimum absolute atomic E-state index is 0.0160. The van der Waals surface area contributed by atoms with Crippen molar-refractivity contribution in [2.45, 2.75) is 57.6 Å². The molecule has 3 aliphatic heterocycles. The van der Waals surface area contributed by atoms with E-state index in [9.17, 15) is 10.1 Å². The maximum absolute atomic E-state index is 16.8. The Kier molecular flexibility index (Phi) is 7.17. The number of fused-ring (bicyclic) bond motifs is 2. The number of hydrogen-bond donors (Lipinski definition) is 1. The first-order valence-electron chi connectivity index (χ1n) is 15.2. The molecule has 13 heteroatoms. The van der Waals surface area contributed by atoms with Gasteiger partial charge < -0.3 is 19.1 Å². The first kappa shape index (κ1) is 29.4. The third kappa shape index (κ3) is 5.15. The predicted octanol–water partition coefficient (Wildman–Crippen LogP) is 6.10. The van der Waals surface area contributed by atoms with Crippen LogP contribution in [0.5, 0.6) is 11.9 Å². The summed E-state index contributed by atoms with van der Waals surface area (Å²) < 4.78 is 35.2. The molecule has 0 spiro atoms. The molecule has 1 aromatic carbocycles. The van der Waals surface area contributed by atoms with Gasteiger partial charge in [-0.2, -0.15) is 15.2 Å². The van der Waals surface area contributed by atoms with Crippen LogP contribution < -0.4 is 19.7 Å². The second-order valence-corrected chi connectivity index (χ2v) is 13.9. The van der Waals surface area contributed by atoms with Crippen molar-refractivity contribution in [1.82, 2.24) is 19.9 Å². The Hall–Kier alpha value is -4.28. The molecule has 3 aromatic heterocycles. The number of likely N-dealkylation sites (N-methyl/N-ethyl adjacent to an activating group) is 1. The third-order valence-electron chi connectivity index (χ3n) is 8.72. The molecule has 234 valence electrons. The molecule has 45 heavy (non-hydrogen) atoms. The fourth-order valence-corrected chi connectivity index (χ4v) is 7.77. The summed E-state index contributed by atoms with van der Waals surface area (Å²) in [5.74, 6) is 0.0244. The number of thiophene rings is 1. The fraction of sp³-hybridized carbons (Fsp3) is 0.469. The number of halogens is 1. The number of anilines is 2. The molecular formula is C32H34FN7O4S. The molecule has 1 N–H and O–H groups in total. The van der Waals surface area contributed by atoms with Gasteiger partial charge >= 0.3 is 12.1 Å². The van der Waals surface area contributed by atoms with E-state index in [0.717, 1.165) is 38.8 Å². The highest BCUT2D eigenvalue weighted by Crippen LogP contribution is 2.45. The summed E-state index contributed by atoms with van der Waals surface area (Å²) in [5.41, 5.74) is -0.160. The highest BCUT2D eigenvalue weighted by atomic mass is 32.1. The molecule has 6 heterocycles. The number of nitrogens with zero attached hydrogens (tertiary/aromatic N) is 6. The average molecular weight is 632 g/mol. The summed E-state index contributed by atoms with van der Waals surface area (Å²) >= 11 is 1.20. The zero-order valence-electron chi connectivity index (χ0n) is 25.7. The topological polar surface area (TPSA) is 126 Å². The van der Waals surface area contributed by atoms with Crippen LogP contribution in [-0.2, 0) is 4.74 Å². The Labute approximate surface area is 263 Å². The molecule has 1 amide bonds. The molecule has 0 unspecified atom stereocenters. The SMILES string of the molecule is CN1CCOc2nc(-c3cccc4sc(NC(=O)OC(C)(C)C)c(C#N)c34)c(F)c3nc(OCC45CCCN4CCC5)nc1c23. The standard InChI is InChI=1S/C32H34FN7O4S/c1-31(2,3)44-30(41)38-28-19(16-34)21-18(8-5-9-20(21)45-28)24-23(33)25-22-26(39(4)14-15-42-27(22)35-24)37-29(36-25)43-17-32-10-6-12-40(32)13-7-11-32/h5,8-9H,6-7,10-15,17H2,1-4H3,(H,38,41). The highest BCUT2D eigenvalue weighted by Gasteiger charge is 2.45. The third-order valence-corrected chi connectivity index (χ3v) is 9.79. The van der Waals surface area contributed by atoms with E-state index in [4.69, 9.17) is 19.2 Å². The Morgan fingerprint density at radius 1 is 1.18 bits per heavy atom. The van der Waals surface area contributed by atoms with Gasteiger partial charge in [0.25, 0.3) is 0 Å². The lowest BCUT2D eigenvalue weighted by atomic mass is 9.95. The van der Waals surface area contributed by atoms with E-state index in [2.05, 4.69) is 26.3 Å². The number of aromatic nitrogens is 3. The molecule has 2 saturated heterocycles. The zero-order valence-corrected chi connectivity index (χ0v) is 26.5. The highest BCUT2D eigenvalue weighted by molar-refractivity contribution is 7.23. The number of hydrogen-bond acceptors (Lipinski definition) is 11. The van der Waals surface area contributed by atoms with Crippen LogP contribution >= 0.6 is 11.3 Å². The van der Waals surface area contributed by atoms with Gasteiger partial charge in [-0.15, -0.1) is 11.3 Å². The zero-order chi connectivity index (χ0) is 31.5.